The van der Waals surface area contributed by atoms with E-state index in [9.17, 15) is 4.79 Å². The second-order valence-corrected chi connectivity index (χ2v) is 8.47. The molecule has 0 fully saturated rings. The van der Waals surface area contributed by atoms with Gasteiger partial charge in [-0.1, -0.05) is 35.1 Å². The Balaban J connectivity index is 1.73. The molecule has 1 heterocycles. The zero-order chi connectivity index (χ0) is 18.0. The summed E-state index contributed by atoms with van der Waals surface area (Å²) in [6.07, 6.45) is 0.449. The maximum Gasteiger partial charge on any atom is 0.249 e. The van der Waals surface area contributed by atoms with Gasteiger partial charge in [-0.2, -0.15) is 4.99 Å². The van der Waals surface area contributed by atoms with Crippen molar-refractivity contribution in [3.8, 4) is 0 Å². The summed E-state index contributed by atoms with van der Waals surface area (Å²) in [7, 11) is 1.98. The van der Waals surface area contributed by atoms with Gasteiger partial charge in [0.2, 0.25) is 5.91 Å². The second kappa shape index (κ2) is 7.58. The number of aryl methyl sites for hydroxylation is 4. The lowest BCUT2D eigenvalue weighted by Gasteiger charge is -2.02. The van der Waals surface area contributed by atoms with Crippen molar-refractivity contribution in [2.45, 2.75) is 32.1 Å². The van der Waals surface area contributed by atoms with Gasteiger partial charge >= 0.3 is 0 Å². The number of carbonyl (C=O) groups is 1. The molecule has 0 saturated carbocycles. The standard InChI is InChI=1S/C20H22N2OS2/c1-13-5-7-16(8-6-13)24-10-9-18(23)21-20-22(4)19-15(3)11-14(2)12-17(19)25-20/h5-8,11-12H,9-10H2,1-4H3. The first-order valence-corrected chi connectivity index (χ1v) is 10.1. The van der Waals surface area contributed by atoms with Crippen molar-refractivity contribution >= 4 is 39.2 Å². The summed E-state index contributed by atoms with van der Waals surface area (Å²) in [6, 6.07) is 12.7. The highest BCUT2D eigenvalue weighted by atomic mass is 32.2. The molecule has 0 radical (unpaired) electrons. The normalized spacial score (nSPS) is 12.1. The van der Waals surface area contributed by atoms with Crippen LogP contribution in [-0.4, -0.2) is 16.2 Å². The predicted molar refractivity (Wildman–Crippen MR) is 107 cm³/mol. The molecule has 0 N–H and O–H groups in total. The van der Waals surface area contributed by atoms with Crippen molar-refractivity contribution in [1.82, 2.24) is 4.57 Å². The minimum atomic E-state index is -0.0591. The smallest absolute Gasteiger partial charge is 0.249 e. The molecule has 0 aliphatic heterocycles. The molecule has 0 atom stereocenters. The quantitative estimate of drug-likeness (QED) is 0.620. The van der Waals surface area contributed by atoms with Crippen LogP contribution in [0.2, 0.25) is 0 Å². The van der Waals surface area contributed by atoms with Gasteiger partial charge in [-0.05, 0) is 50.1 Å². The number of thioether (sulfide) groups is 1. The summed E-state index contributed by atoms with van der Waals surface area (Å²) < 4.78 is 3.21. The minimum absolute atomic E-state index is 0.0591. The number of hydrogen-bond acceptors (Lipinski definition) is 3. The Morgan fingerprint density at radius 2 is 1.84 bits per heavy atom. The number of rotatable bonds is 4. The van der Waals surface area contributed by atoms with Crippen LogP contribution in [0.15, 0.2) is 46.3 Å². The number of hydrogen-bond donors (Lipinski definition) is 0. The van der Waals surface area contributed by atoms with Crippen LogP contribution in [0.4, 0.5) is 0 Å². The molecule has 130 valence electrons. The molecule has 3 aromatic rings. The van der Waals surface area contributed by atoms with Crippen molar-refractivity contribution in [3.05, 3.63) is 57.9 Å². The Kier molecular flexibility index (Phi) is 5.45. The summed E-state index contributed by atoms with van der Waals surface area (Å²) in [5, 5.41) is 0. The molecule has 2 aromatic carbocycles. The van der Waals surface area contributed by atoms with Crippen LogP contribution < -0.4 is 4.80 Å². The Morgan fingerprint density at radius 1 is 1.12 bits per heavy atom. The van der Waals surface area contributed by atoms with Gasteiger partial charge in [0.1, 0.15) is 0 Å². The van der Waals surface area contributed by atoms with E-state index in [0.717, 1.165) is 16.1 Å². The number of carbonyl (C=O) groups excluding carboxylic acids is 1. The predicted octanol–water partition coefficient (Wildman–Crippen LogP) is 4.77. The van der Waals surface area contributed by atoms with Crippen molar-refractivity contribution in [2.24, 2.45) is 12.0 Å². The van der Waals surface area contributed by atoms with Gasteiger partial charge in [0.05, 0.1) is 10.2 Å². The van der Waals surface area contributed by atoms with Crippen molar-refractivity contribution in [3.63, 3.8) is 0 Å². The van der Waals surface area contributed by atoms with E-state index >= 15 is 0 Å². The highest BCUT2D eigenvalue weighted by Crippen LogP contribution is 2.22. The molecule has 0 saturated heterocycles. The fourth-order valence-electron chi connectivity index (χ4n) is 2.84. The summed E-state index contributed by atoms with van der Waals surface area (Å²) in [5.74, 6) is 0.689. The minimum Gasteiger partial charge on any atom is -0.319 e. The molecule has 3 nitrogen and oxygen atoms in total. The molecule has 0 bridgehead atoms. The van der Waals surface area contributed by atoms with Crippen molar-refractivity contribution < 1.29 is 4.79 Å². The number of amides is 1. The maximum atomic E-state index is 12.3. The van der Waals surface area contributed by atoms with E-state index in [4.69, 9.17) is 0 Å². The number of thiazole rings is 1. The Hall–Kier alpha value is -1.85. The molecule has 25 heavy (non-hydrogen) atoms. The summed E-state index contributed by atoms with van der Waals surface area (Å²) in [6.45, 7) is 6.27. The molecule has 5 heteroatoms. The zero-order valence-corrected chi connectivity index (χ0v) is 16.6. The van der Waals surface area contributed by atoms with E-state index < -0.39 is 0 Å². The van der Waals surface area contributed by atoms with Crippen LogP contribution >= 0.6 is 23.1 Å². The topological polar surface area (TPSA) is 34.4 Å². The fourth-order valence-corrected chi connectivity index (χ4v) is 4.89. The third kappa shape index (κ3) is 4.22. The summed E-state index contributed by atoms with van der Waals surface area (Å²) >= 11 is 3.28. The van der Waals surface area contributed by atoms with Crippen LogP contribution in [0.25, 0.3) is 10.2 Å². The van der Waals surface area contributed by atoms with Crippen LogP contribution in [0, 0.1) is 20.8 Å². The Bertz CT molecular complexity index is 981. The van der Waals surface area contributed by atoms with Gasteiger partial charge in [0, 0.05) is 24.1 Å². The van der Waals surface area contributed by atoms with Crippen molar-refractivity contribution in [2.75, 3.05) is 5.75 Å². The Morgan fingerprint density at radius 3 is 2.56 bits per heavy atom. The Labute approximate surface area is 156 Å². The SMILES string of the molecule is Cc1ccc(SCCC(=O)N=c2sc3cc(C)cc(C)c3n2C)cc1. The van der Waals surface area contributed by atoms with E-state index in [0.29, 0.717) is 6.42 Å². The molecule has 0 aliphatic rings. The zero-order valence-electron chi connectivity index (χ0n) is 15.0. The second-order valence-electron chi connectivity index (χ2n) is 6.29. The molecule has 3 rings (SSSR count). The molecule has 1 amide bonds. The number of fused-ring (bicyclic) bond motifs is 1. The van der Waals surface area contributed by atoms with E-state index in [1.807, 2.05) is 11.6 Å². The highest BCUT2D eigenvalue weighted by Gasteiger charge is 2.08. The molecular weight excluding hydrogens is 348 g/mol. The average Bonchev–Trinajstić information content (AvgIpc) is 2.85. The third-order valence-electron chi connectivity index (χ3n) is 4.06. The molecule has 0 spiro atoms. The lowest BCUT2D eigenvalue weighted by molar-refractivity contribution is -0.117. The molecular formula is C20H22N2OS2. The van der Waals surface area contributed by atoms with Crippen LogP contribution in [0.3, 0.4) is 0 Å². The van der Waals surface area contributed by atoms with Crippen LogP contribution in [0.5, 0.6) is 0 Å². The van der Waals surface area contributed by atoms with E-state index in [1.165, 1.54) is 26.3 Å². The number of nitrogens with zero attached hydrogens (tertiary/aromatic N) is 2. The van der Waals surface area contributed by atoms with Gasteiger partial charge in [0.15, 0.2) is 4.80 Å². The maximum absolute atomic E-state index is 12.3. The van der Waals surface area contributed by atoms with Gasteiger partial charge in [-0.3, -0.25) is 4.79 Å². The largest absolute Gasteiger partial charge is 0.319 e. The van der Waals surface area contributed by atoms with E-state index in [1.54, 1.807) is 23.1 Å². The molecule has 0 aliphatic carbocycles. The summed E-state index contributed by atoms with van der Waals surface area (Å²) in [4.78, 5) is 18.6. The fraction of sp³-hybridized carbons (Fsp3) is 0.300. The first-order chi connectivity index (χ1) is 11.9. The van der Waals surface area contributed by atoms with Crippen molar-refractivity contribution in [1.29, 1.82) is 0 Å². The van der Waals surface area contributed by atoms with E-state index in [-0.39, 0.29) is 5.91 Å². The average molecular weight is 371 g/mol. The first-order valence-electron chi connectivity index (χ1n) is 8.28. The van der Waals surface area contributed by atoms with Crippen LogP contribution in [-0.2, 0) is 11.8 Å². The van der Waals surface area contributed by atoms with E-state index in [2.05, 4.69) is 62.2 Å². The van der Waals surface area contributed by atoms with Crippen LogP contribution in [0.1, 0.15) is 23.1 Å². The van der Waals surface area contributed by atoms with Gasteiger partial charge in [-0.25, -0.2) is 0 Å². The summed E-state index contributed by atoms with van der Waals surface area (Å²) in [5.41, 5.74) is 4.87. The number of benzene rings is 2. The van der Waals surface area contributed by atoms with Gasteiger partial charge < -0.3 is 4.57 Å². The number of aromatic nitrogens is 1. The van der Waals surface area contributed by atoms with Gasteiger partial charge in [0.25, 0.3) is 0 Å². The monoisotopic (exact) mass is 370 g/mol. The third-order valence-corrected chi connectivity index (χ3v) is 6.15. The molecule has 1 aromatic heterocycles. The lowest BCUT2D eigenvalue weighted by Crippen LogP contribution is -2.13. The molecule has 0 unspecified atom stereocenters. The first kappa shape index (κ1) is 18.0. The van der Waals surface area contributed by atoms with Gasteiger partial charge in [-0.15, -0.1) is 11.8 Å². The highest BCUT2D eigenvalue weighted by molar-refractivity contribution is 7.99. The lowest BCUT2D eigenvalue weighted by atomic mass is 10.1.